The Kier molecular flexibility index (Phi) is 5.03. The van der Waals surface area contributed by atoms with Crippen molar-refractivity contribution in [1.29, 1.82) is 0 Å². The average Bonchev–Trinajstić information content (AvgIpc) is 2.53. The van der Waals surface area contributed by atoms with Crippen molar-refractivity contribution in [2.24, 2.45) is 5.10 Å². The van der Waals surface area contributed by atoms with Crippen molar-refractivity contribution in [3.05, 3.63) is 65.7 Å². The van der Waals surface area contributed by atoms with Gasteiger partial charge in [0.05, 0.1) is 5.71 Å². The first-order valence-electron chi connectivity index (χ1n) is 6.84. The molecular weight excluding hydrogens is 278 g/mol. The molecule has 0 unspecified atom stereocenters. The molecular formula is C17H17N3O2. The van der Waals surface area contributed by atoms with Crippen LogP contribution >= 0.6 is 0 Å². The predicted molar refractivity (Wildman–Crippen MR) is 86.9 cm³/mol. The van der Waals surface area contributed by atoms with E-state index in [0.717, 1.165) is 11.3 Å². The summed E-state index contributed by atoms with van der Waals surface area (Å²) in [4.78, 5) is 22.9. The molecule has 0 fully saturated rings. The van der Waals surface area contributed by atoms with Crippen LogP contribution in [-0.2, 0) is 4.79 Å². The molecule has 0 aromatic heterocycles. The zero-order chi connectivity index (χ0) is 15.9. The quantitative estimate of drug-likeness (QED) is 0.672. The summed E-state index contributed by atoms with van der Waals surface area (Å²) in [6.45, 7) is 3.26. The number of nitrogens with one attached hydrogen (secondary N) is 2. The molecule has 0 bridgehead atoms. The highest BCUT2D eigenvalue weighted by Gasteiger charge is 2.05. The maximum atomic E-state index is 12.0. The first-order chi connectivity index (χ1) is 10.6. The van der Waals surface area contributed by atoms with Crippen LogP contribution in [0.5, 0.6) is 0 Å². The Hall–Kier alpha value is -2.95. The Bertz CT molecular complexity index is 692. The minimum absolute atomic E-state index is 0.153. The number of anilines is 1. The molecule has 0 aliphatic heterocycles. The van der Waals surface area contributed by atoms with Gasteiger partial charge < -0.3 is 5.32 Å². The highest BCUT2D eigenvalue weighted by atomic mass is 16.2. The van der Waals surface area contributed by atoms with Crippen LogP contribution in [0.4, 0.5) is 5.69 Å². The van der Waals surface area contributed by atoms with Crippen molar-refractivity contribution in [2.75, 3.05) is 5.32 Å². The van der Waals surface area contributed by atoms with Gasteiger partial charge in [0.25, 0.3) is 5.91 Å². The standard InChI is InChI=1S/C17H17N3O2/c1-12(14-6-4-3-5-7-14)19-20-17(22)15-8-10-16(11-9-15)18-13(2)21/h3-11H,1-2H3,(H,18,21)(H,20,22)/b19-12-. The fourth-order valence-corrected chi connectivity index (χ4v) is 1.85. The van der Waals surface area contributed by atoms with Gasteiger partial charge in [-0.2, -0.15) is 5.10 Å². The topological polar surface area (TPSA) is 70.6 Å². The van der Waals surface area contributed by atoms with Crippen molar-refractivity contribution >= 4 is 23.2 Å². The molecule has 5 heteroatoms. The summed E-state index contributed by atoms with van der Waals surface area (Å²) in [7, 11) is 0. The van der Waals surface area contributed by atoms with Gasteiger partial charge in [-0.3, -0.25) is 9.59 Å². The zero-order valence-corrected chi connectivity index (χ0v) is 12.5. The van der Waals surface area contributed by atoms with Crippen LogP contribution in [0.1, 0.15) is 29.8 Å². The van der Waals surface area contributed by atoms with E-state index in [9.17, 15) is 9.59 Å². The highest BCUT2D eigenvalue weighted by Crippen LogP contribution is 2.09. The minimum Gasteiger partial charge on any atom is -0.326 e. The average molecular weight is 295 g/mol. The summed E-state index contributed by atoms with van der Waals surface area (Å²) in [5.41, 5.74) is 5.31. The molecule has 0 aliphatic carbocycles. The van der Waals surface area contributed by atoms with Crippen LogP contribution in [0.3, 0.4) is 0 Å². The van der Waals surface area contributed by atoms with Gasteiger partial charge in [-0.25, -0.2) is 5.43 Å². The van der Waals surface area contributed by atoms with E-state index in [2.05, 4.69) is 15.8 Å². The summed E-state index contributed by atoms with van der Waals surface area (Å²) < 4.78 is 0. The van der Waals surface area contributed by atoms with Crippen LogP contribution < -0.4 is 10.7 Å². The summed E-state index contributed by atoms with van der Waals surface area (Å²) in [6, 6.07) is 16.2. The third kappa shape index (κ3) is 4.28. The van der Waals surface area contributed by atoms with Crippen molar-refractivity contribution in [1.82, 2.24) is 5.43 Å². The van der Waals surface area contributed by atoms with Gasteiger partial charge in [-0.1, -0.05) is 30.3 Å². The third-order valence-electron chi connectivity index (χ3n) is 2.98. The van der Waals surface area contributed by atoms with E-state index in [4.69, 9.17) is 0 Å². The number of benzene rings is 2. The van der Waals surface area contributed by atoms with E-state index in [1.165, 1.54) is 6.92 Å². The van der Waals surface area contributed by atoms with Crippen molar-refractivity contribution in [3.63, 3.8) is 0 Å². The van der Waals surface area contributed by atoms with Crippen molar-refractivity contribution in [2.45, 2.75) is 13.8 Å². The lowest BCUT2D eigenvalue weighted by Gasteiger charge is -2.05. The molecule has 0 spiro atoms. The Balaban J connectivity index is 2.01. The van der Waals surface area contributed by atoms with Crippen LogP contribution in [-0.4, -0.2) is 17.5 Å². The van der Waals surface area contributed by atoms with Gasteiger partial charge in [0.1, 0.15) is 0 Å². The van der Waals surface area contributed by atoms with Gasteiger partial charge in [-0.15, -0.1) is 0 Å². The second kappa shape index (κ2) is 7.17. The molecule has 2 amide bonds. The van der Waals surface area contributed by atoms with Crippen LogP contribution in [0.25, 0.3) is 0 Å². The van der Waals surface area contributed by atoms with Crippen LogP contribution in [0, 0.1) is 0 Å². The smallest absolute Gasteiger partial charge is 0.271 e. The normalized spacial score (nSPS) is 10.9. The Morgan fingerprint density at radius 3 is 2.09 bits per heavy atom. The van der Waals surface area contributed by atoms with Crippen molar-refractivity contribution < 1.29 is 9.59 Å². The largest absolute Gasteiger partial charge is 0.326 e. The fourth-order valence-electron chi connectivity index (χ4n) is 1.85. The maximum absolute atomic E-state index is 12.0. The molecule has 0 radical (unpaired) electrons. The summed E-state index contributed by atoms with van der Waals surface area (Å²) in [5.74, 6) is -0.454. The fraction of sp³-hybridized carbons (Fsp3) is 0.118. The van der Waals surface area contributed by atoms with E-state index in [-0.39, 0.29) is 11.8 Å². The van der Waals surface area contributed by atoms with E-state index in [1.54, 1.807) is 24.3 Å². The molecule has 0 saturated carbocycles. The molecule has 2 rings (SSSR count). The molecule has 0 saturated heterocycles. The molecule has 5 nitrogen and oxygen atoms in total. The zero-order valence-electron chi connectivity index (χ0n) is 12.5. The van der Waals surface area contributed by atoms with E-state index in [0.29, 0.717) is 11.3 Å². The molecule has 2 aromatic carbocycles. The molecule has 2 N–H and O–H groups in total. The number of hydrazone groups is 1. The SMILES string of the molecule is CC(=O)Nc1ccc(C(=O)N/N=C(/C)c2ccccc2)cc1. The Morgan fingerprint density at radius 2 is 1.50 bits per heavy atom. The molecule has 0 aliphatic rings. The van der Waals surface area contributed by atoms with Crippen molar-refractivity contribution in [3.8, 4) is 0 Å². The molecule has 22 heavy (non-hydrogen) atoms. The molecule has 2 aromatic rings. The maximum Gasteiger partial charge on any atom is 0.271 e. The van der Waals surface area contributed by atoms with Gasteiger partial charge >= 0.3 is 0 Å². The van der Waals surface area contributed by atoms with Gasteiger partial charge in [-0.05, 0) is 36.8 Å². The Labute approximate surface area is 129 Å². The number of amides is 2. The van der Waals surface area contributed by atoms with E-state index in [1.807, 2.05) is 37.3 Å². The van der Waals surface area contributed by atoms with E-state index >= 15 is 0 Å². The van der Waals surface area contributed by atoms with Gasteiger partial charge in [0.15, 0.2) is 0 Å². The first-order valence-corrected chi connectivity index (χ1v) is 6.84. The van der Waals surface area contributed by atoms with Crippen LogP contribution in [0.15, 0.2) is 59.7 Å². The minimum atomic E-state index is -0.301. The lowest BCUT2D eigenvalue weighted by Crippen LogP contribution is -2.19. The number of carbonyl (C=O) groups excluding carboxylic acids is 2. The second-order valence-corrected chi connectivity index (χ2v) is 4.76. The predicted octanol–water partition coefficient (Wildman–Crippen LogP) is 2.80. The second-order valence-electron chi connectivity index (χ2n) is 4.76. The third-order valence-corrected chi connectivity index (χ3v) is 2.98. The van der Waals surface area contributed by atoms with E-state index < -0.39 is 0 Å². The number of hydrogen-bond acceptors (Lipinski definition) is 3. The highest BCUT2D eigenvalue weighted by molar-refractivity contribution is 6.01. The Morgan fingerprint density at radius 1 is 0.864 bits per heavy atom. The van der Waals surface area contributed by atoms with Gasteiger partial charge in [0.2, 0.25) is 5.91 Å². The molecule has 0 heterocycles. The van der Waals surface area contributed by atoms with Gasteiger partial charge in [0, 0.05) is 18.2 Å². The first kappa shape index (κ1) is 15.4. The van der Waals surface area contributed by atoms with Crippen LogP contribution in [0.2, 0.25) is 0 Å². The molecule has 0 atom stereocenters. The summed E-state index contributed by atoms with van der Waals surface area (Å²) in [5, 5.41) is 6.73. The number of rotatable bonds is 4. The summed E-state index contributed by atoms with van der Waals surface area (Å²) >= 11 is 0. The summed E-state index contributed by atoms with van der Waals surface area (Å²) in [6.07, 6.45) is 0. The lowest BCUT2D eigenvalue weighted by atomic mass is 10.1. The number of carbonyl (C=O) groups is 2. The number of nitrogens with zero attached hydrogens (tertiary/aromatic N) is 1. The monoisotopic (exact) mass is 295 g/mol. The number of hydrogen-bond donors (Lipinski definition) is 2. The lowest BCUT2D eigenvalue weighted by molar-refractivity contribution is -0.114. The molecule has 112 valence electrons.